The zero-order valence-corrected chi connectivity index (χ0v) is 37.4. The predicted molar refractivity (Wildman–Crippen MR) is 247 cm³/mol. The number of rotatable bonds is 39. The third-order valence-corrected chi connectivity index (χ3v) is 11.4. The Morgan fingerprint density at radius 3 is 1.32 bits per heavy atom. The molecule has 0 aromatic rings. The topological polar surface area (TPSA) is 52.6 Å². The highest BCUT2D eigenvalue weighted by Crippen LogP contribution is 2.49. The Bertz CT molecular complexity index is 1140. The van der Waals surface area contributed by atoms with Crippen molar-refractivity contribution in [2.24, 2.45) is 23.7 Å². The summed E-state index contributed by atoms with van der Waals surface area (Å²) in [6, 6.07) is 0. The molecule has 1 rings (SSSR count). The van der Waals surface area contributed by atoms with Gasteiger partial charge in [0.1, 0.15) is 0 Å². The van der Waals surface area contributed by atoms with Gasteiger partial charge in [-0.3, -0.25) is 4.79 Å². The van der Waals surface area contributed by atoms with Crippen molar-refractivity contribution in [3.05, 3.63) is 85.6 Å². The molecule has 1 fully saturated rings. The fourth-order valence-corrected chi connectivity index (χ4v) is 7.78. The Labute approximate surface area is 352 Å². The van der Waals surface area contributed by atoms with Crippen LogP contribution in [0.3, 0.4) is 0 Å². The average molecular weight is 789 g/mol. The van der Waals surface area contributed by atoms with E-state index >= 15 is 0 Å². The van der Waals surface area contributed by atoms with Gasteiger partial charge in [-0.1, -0.05) is 248 Å². The quantitative estimate of drug-likeness (QED) is 0.0205. The van der Waals surface area contributed by atoms with E-state index in [-0.39, 0.29) is 42.0 Å². The van der Waals surface area contributed by atoms with Gasteiger partial charge in [-0.25, -0.2) is 4.79 Å². The lowest BCUT2D eigenvalue weighted by Gasteiger charge is -2.47. The second kappa shape index (κ2) is 39.9. The van der Waals surface area contributed by atoms with Crippen LogP contribution in [0.1, 0.15) is 201 Å². The lowest BCUT2D eigenvalue weighted by atomic mass is 9.56. The SMILES string of the molecule is C=CC1C(/C=C/C=C/C=C/CCC)C(/C=C\C(=O)OCCCCCCCCCCCCCCCC)C1/C=C/C=C/CC(=O)OCCCCCCCCCCCCC. The van der Waals surface area contributed by atoms with E-state index in [1.54, 1.807) is 6.08 Å². The predicted octanol–water partition coefficient (Wildman–Crippen LogP) is 16.1. The molecule has 0 aromatic heterocycles. The molecule has 0 bridgehead atoms. The van der Waals surface area contributed by atoms with Gasteiger partial charge in [-0.05, 0) is 42.9 Å². The number of unbranched alkanes of at least 4 members (excludes halogenated alkanes) is 24. The fraction of sp³-hybridized carbons (Fsp3) is 0.698. The van der Waals surface area contributed by atoms with Crippen molar-refractivity contribution in [3.63, 3.8) is 0 Å². The van der Waals surface area contributed by atoms with Crippen LogP contribution in [0.15, 0.2) is 85.6 Å². The smallest absolute Gasteiger partial charge is 0.330 e. The average Bonchev–Trinajstić information content (AvgIpc) is 3.21. The summed E-state index contributed by atoms with van der Waals surface area (Å²) in [6.07, 6.45) is 61.4. The van der Waals surface area contributed by atoms with Crippen molar-refractivity contribution in [1.82, 2.24) is 0 Å². The van der Waals surface area contributed by atoms with Crippen molar-refractivity contribution >= 4 is 11.9 Å². The monoisotopic (exact) mass is 789 g/mol. The van der Waals surface area contributed by atoms with Crippen LogP contribution in [-0.4, -0.2) is 25.2 Å². The molecule has 0 amide bonds. The molecular weight excluding hydrogens is 701 g/mol. The molecule has 1 saturated carbocycles. The van der Waals surface area contributed by atoms with E-state index in [9.17, 15) is 9.59 Å². The van der Waals surface area contributed by atoms with Crippen molar-refractivity contribution in [2.45, 2.75) is 201 Å². The summed E-state index contributed by atoms with van der Waals surface area (Å²) in [4.78, 5) is 25.0. The minimum absolute atomic E-state index is 0.155. The van der Waals surface area contributed by atoms with Gasteiger partial charge in [0.15, 0.2) is 0 Å². The van der Waals surface area contributed by atoms with Crippen molar-refractivity contribution in [2.75, 3.05) is 13.2 Å². The lowest BCUT2D eigenvalue weighted by Crippen LogP contribution is -2.42. The Hall–Kier alpha value is -2.88. The van der Waals surface area contributed by atoms with E-state index in [0.717, 1.165) is 38.5 Å². The molecule has 0 N–H and O–H groups in total. The van der Waals surface area contributed by atoms with Crippen LogP contribution >= 0.6 is 0 Å². The van der Waals surface area contributed by atoms with Gasteiger partial charge in [0.25, 0.3) is 0 Å². The minimum Gasteiger partial charge on any atom is -0.465 e. The van der Waals surface area contributed by atoms with E-state index in [0.29, 0.717) is 13.2 Å². The summed E-state index contributed by atoms with van der Waals surface area (Å²) in [5, 5.41) is 0. The molecule has 1 aliphatic carbocycles. The van der Waals surface area contributed by atoms with E-state index in [4.69, 9.17) is 9.47 Å². The zero-order valence-electron chi connectivity index (χ0n) is 37.4. The molecule has 4 nitrogen and oxygen atoms in total. The second-order valence-electron chi connectivity index (χ2n) is 16.4. The van der Waals surface area contributed by atoms with Crippen molar-refractivity contribution < 1.29 is 19.1 Å². The largest absolute Gasteiger partial charge is 0.465 e. The van der Waals surface area contributed by atoms with E-state index in [1.165, 1.54) is 135 Å². The van der Waals surface area contributed by atoms with E-state index in [2.05, 4.69) is 69.9 Å². The molecule has 1 aliphatic rings. The highest BCUT2D eigenvalue weighted by atomic mass is 16.5. The Kier molecular flexibility index (Phi) is 36.5. The summed E-state index contributed by atoms with van der Waals surface area (Å²) in [7, 11) is 0. The standard InChI is InChI=1S/C53H88O4/c1-5-9-12-15-18-20-22-23-24-26-28-31-34-40-47-57-53(55)45-44-51-49(41-36-32-29-17-14-11-7-3)48(8-4)50(51)42-37-35-38-43-52(54)56-46-39-33-30-27-25-21-19-16-13-10-6-2/h8,14,17,29,32,35-38,41-42,44-45,48-51H,4-7,9-13,15-16,18-28,30-31,33-34,39-40,43,46-47H2,1-3H3/b17-14+,32-29+,38-35+,41-36+,42-37+,45-44-. The molecule has 0 saturated heterocycles. The van der Waals surface area contributed by atoms with Crippen LogP contribution < -0.4 is 0 Å². The molecule has 324 valence electrons. The zero-order chi connectivity index (χ0) is 41.3. The maximum Gasteiger partial charge on any atom is 0.330 e. The van der Waals surface area contributed by atoms with E-state index < -0.39 is 0 Å². The van der Waals surface area contributed by atoms with Gasteiger partial charge >= 0.3 is 11.9 Å². The van der Waals surface area contributed by atoms with E-state index in [1.807, 2.05) is 30.4 Å². The molecule has 0 aromatic carbocycles. The first kappa shape index (κ1) is 52.1. The summed E-state index contributed by atoms with van der Waals surface area (Å²) in [5.41, 5.74) is 0. The van der Waals surface area contributed by atoms with Crippen molar-refractivity contribution in [3.8, 4) is 0 Å². The number of carbonyl (C=O) groups excluding carboxylic acids is 2. The normalized spacial score (nSPS) is 18.6. The van der Waals surface area contributed by atoms with Crippen LogP contribution in [0.4, 0.5) is 0 Å². The molecule has 0 radical (unpaired) electrons. The van der Waals surface area contributed by atoms with Crippen LogP contribution in [0.2, 0.25) is 0 Å². The van der Waals surface area contributed by atoms with Gasteiger partial charge in [0, 0.05) is 6.08 Å². The molecule has 0 spiro atoms. The van der Waals surface area contributed by atoms with Gasteiger partial charge < -0.3 is 9.47 Å². The summed E-state index contributed by atoms with van der Waals surface area (Å²) >= 11 is 0. The number of hydrogen-bond acceptors (Lipinski definition) is 4. The number of ether oxygens (including phenoxy) is 2. The Balaban J connectivity index is 2.45. The third-order valence-electron chi connectivity index (χ3n) is 11.4. The lowest BCUT2D eigenvalue weighted by molar-refractivity contribution is -0.142. The van der Waals surface area contributed by atoms with Gasteiger partial charge in [-0.2, -0.15) is 0 Å². The minimum atomic E-state index is -0.260. The first-order chi connectivity index (χ1) is 28.1. The first-order valence-electron chi connectivity index (χ1n) is 24.0. The maximum atomic E-state index is 12.7. The van der Waals surface area contributed by atoms with Crippen LogP contribution in [-0.2, 0) is 19.1 Å². The van der Waals surface area contributed by atoms with Crippen LogP contribution in [0, 0.1) is 23.7 Å². The molecule has 0 heterocycles. The summed E-state index contributed by atoms with van der Waals surface area (Å²) in [5.74, 6) is 0.429. The van der Waals surface area contributed by atoms with Gasteiger partial charge in [-0.15, -0.1) is 6.58 Å². The van der Waals surface area contributed by atoms with Gasteiger partial charge in [0.2, 0.25) is 0 Å². The summed E-state index contributed by atoms with van der Waals surface area (Å²) in [6.45, 7) is 11.9. The highest BCUT2D eigenvalue weighted by Gasteiger charge is 2.44. The summed E-state index contributed by atoms with van der Waals surface area (Å²) < 4.78 is 11.1. The van der Waals surface area contributed by atoms with Crippen molar-refractivity contribution in [1.29, 1.82) is 0 Å². The second-order valence-corrected chi connectivity index (χ2v) is 16.4. The van der Waals surface area contributed by atoms with Crippen LogP contribution in [0.25, 0.3) is 0 Å². The number of esters is 2. The fourth-order valence-electron chi connectivity index (χ4n) is 7.78. The highest BCUT2D eigenvalue weighted by molar-refractivity contribution is 5.82. The number of carbonyl (C=O) groups is 2. The number of allylic oxidation sites excluding steroid dienone is 11. The molecule has 4 atom stereocenters. The number of hydrogen-bond donors (Lipinski definition) is 0. The Morgan fingerprint density at radius 2 is 0.842 bits per heavy atom. The molecule has 57 heavy (non-hydrogen) atoms. The first-order valence-corrected chi connectivity index (χ1v) is 24.0. The van der Waals surface area contributed by atoms with Gasteiger partial charge in [0.05, 0.1) is 19.6 Å². The Morgan fingerprint density at radius 1 is 0.439 bits per heavy atom. The molecule has 4 unspecified atom stereocenters. The molecule has 0 aliphatic heterocycles. The van der Waals surface area contributed by atoms with Crippen LogP contribution in [0.5, 0.6) is 0 Å². The maximum absolute atomic E-state index is 12.7. The third kappa shape index (κ3) is 29.9. The molecule has 4 heteroatoms. The molecular formula is C53H88O4.